The number of aliphatic imine (C=N–C) groups is 2. The number of hydrogen-bond donors (Lipinski definition) is 0. The Bertz CT molecular complexity index is 2000. The lowest BCUT2D eigenvalue weighted by atomic mass is 9.93. The standard InChI is InChI=1S/C35H28N6/c1-2-33(41-31-16-8-6-13-26(31)27-14-7-9-17-32(27)41)39-34(25-11-4-3-5-12-25)38-23-40-30-19-18-24(22-36)21-29(30)28-15-10-20-37-35(28)40/h3-20,24H,2,21,23H2,1H3. The summed E-state index contributed by atoms with van der Waals surface area (Å²) in [5.41, 5.74) is 6.31. The van der Waals surface area contributed by atoms with Crippen LogP contribution in [0, 0.1) is 17.2 Å². The average molecular weight is 533 g/mol. The first-order valence-electron chi connectivity index (χ1n) is 14.0. The molecular weight excluding hydrogens is 504 g/mol. The second-order valence-corrected chi connectivity index (χ2v) is 10.2. The predicted molar refractivity (Wildman–Crippen MR) is 167 cm³/mol. The van der Waals surface area contributed by atoms with Crippen LogP contribution in [0.1, 0.15) is 30.2 Å². The van der Waals surface area contributed by atoms with E-state index in [1.54, 1.807) is 0 Å². The van der Waals surface area contributed by atoms with Crippen molar-refractivity contribution in [2.45, 2.75) is 26.4 Å². The molecule has 3 heterocycles. The molecule has 0 bridgehead atoms. The molecule has 0 amide bonds. The van der Waals surface area contributed by atoms with Crippen LogP contribution in [0.25, 0.3) is 38.9 Å². The molecule has 1 aliphatic rings. The van der Waals surface area contributed by atoms with E-state index in [1.807, 2.05) is 42.6 Å². The van der Waals surface area contributed by atoms with Crippen molar-refractivity contribution < 1.29 is 0 Å². The van der Waals surface area contributed by atoms with E-state index in [-0.39, 0.29) is 5.92 Å². The average Bonchev–Trinajstić information content (AvgIpc) is 3.54. The van der Waals surface area contributed by atoms with Gasteiger partial charge >= 0.3 is 0 Å². The molecule has 0 radical (unpaired) electrons. The van der Waals surface area contributed by atoms with E-state index < -0.39 is 0 Å². The van der Waals surface area contributed by atoms with Gasteiger partial charge in [0.25, 0.3) is 0 Å². The zero-order valence-electron chi connectivity index (χ0n) is 22.8. The quantitative estimate of drug-likeness (QED) is 0.173. The van der Waals surface area contributed by atoms with Gasteiger partial charge in [-0.3, -0.25) is 4.57 Å². The van der Waals surface area contributed by atoms with Crippen LogP contribution in [0.2, 0.25) is 0 Å². The summed E-state index contributed by atoms with van der Waals surface area (Å²) in [6.07, 6.45) is 7.25. The molecule has 3 aromatic heterocycles. The van der Waals surface area contributed by atoms with Crippen molar-refractivity contribution in [3.8, 4) is 6.07 Å². The Balaban J connectivity index is 1.40. The Hall–Kier alpha value is -5.28. The Kier molecular flexibility index (Phi) is 6.25. The number of aromatic nitrogens is 3. The maximum atomic E-state index is 9.55. The van der Waals surface area contributed by atoms with E-state index in [2.05, 4.69) is 88.9 Å². The largest absolute Gasteiger partial charge is 0.305 e. The molecule has 0 fully saturated rings. The van der Waals surface area contributed by atoms with E-state index in [0.717, 1.165) is 51.1 Å². The number of amidine groups is 1. The van der Waals surface area contributed by atoms with Crippen molar-refractivity contribution in [2.24, 2.45) is 15.9 Å². The highest BCUT2D eigenvalue weighted by molar-refractivity contribution is 6.16. The summed E-state index contributed by atoms with van der Waals surface area (Å²) in [5, 5.41) is 13.0. The number of allylic oxidation sites excluding steroid dienone is 1. The number of hydrogen-bond acceptors (Lipinski definition) is 3. The van der Waals surface area contributed by atoms with Crippen LogP contribution in [-0.4, -0.2) is 25.8 Å². The van der Waals surface area contributed by atoms with Crippen LogP contribution in [-0.2, 0) is 13.1 Å². The third kappa shape index (κ3) is 4.23. The lowest BCUT2D eigenvalue weighted by Gasteiger charge is -2.14. The van der Waals surface area contributed by atoms with Gasteiger partial charge < -0.3 is 4.57 Å². The zero-order valence-corrected chi connectivity index (χ0v) is 22.8. The van der Waals surface area contributed by atoms with Gasteiger partial charge in [0.1, 0.15) is 18.2 Å². The Labute approximate surface area is 238 Å². The summed E-state index contributed by atoms with van der Waals surface area (Å²) in [6, 6.07) is 33.6. The molecule has 198 valence electrons. The van der Waals surface area contributed by atoms with Gasteiger partial charge in [-0.25, -0.2) is 15.0 Å². The molecule has 1 unspecified atom stereocenters. The van der Waals surface area contributed by atoms with Crippen LogP contribution < -0.4 is 0 Å². The Morgan fingerprint density at radius 1 is 0.902 bits per heavy atom. The van der Waals surface area contributed by atoms with E-state index in [4.69, 9.17) is 15.0 Å². The highest BCUT2D eigenvalue weighted by Crippen LogP contribution is 2.32. The van der Waals surface area contributed by atoms with Crippen LogP contribution in [0.3, 0.4) is 0 Å². The molecule has 0 saturated heterocycles. The number of nitrogens with zero attached hydrogens (tertiary/aromatic N) is 6. The minimum Gasteiger partial charge on any atom is -0.305 e. The van der Waals surface area contributed by atoms with Crippen molar-refractivity contribution in [1.29, 1.82) is 5.26 Å². The monoisotopic (exact) mass is 532 g/mol. The molecule has 41 heavy (non-hydrogen) atoms. The topological polar surface area (TPSA) is 71.3 Å². The molecule has 0 aliphatic heterocycles. The summed E-state index contributed by atoms with van der Waals surface area (Å²) in [6.45, 7) is 2.50. The molecule has 3 aromatic carbocycles. The number of pyridine rings is 1. The van der Waals surface area contributed by atoms with Crippen LogP contribution >= 0.6 is 0 Å². The summed E-state index contributed by atoms with van der Waals surface area (Å²) >= 11 is 0. The second kappa shape index (κ2) is 10.4. The van der Waals surface area contributed by atoms with Gasteiger partial charge in [0, 0.05) is 40.0 Å². The third-order valence-corrected chi connectivity index (χ3v) is 7.83. The van der Waals surface area contributed by atoms with E-state index >= 15 is 0 Å². The SMILES string of the molecule is CCC(=NC(=NCn1c2c(c3cccnc31)CC(C#N)C=C2)c1ccccc1)n1c2ccccc2c2ccccc21. The van der Waals surface area contributed by atoms with Gasteiger partial charge in [0.15, 0.2) is 5.84 Å². The van der Waals surface area contributed by atoms with Gasteiger partial charge in [-0.2, -0.15) is 5.26 Å². The lowest BCUT2D eigenvalue weighted by molar-refractivity contribution is 0.729. The van der Waals surface area contributed by atoms with Crippen molar-refractivity contribution in [3.63, 3.8) is 0 Å². The van der Waals surface area contributed by atoms with Crippen molar-refractivity contribution >= 4 is 50.6 Å². The van der Waals surface area contributed by atoms with E-state index in [9.17, 15) is 5.26 Å². The molecule has 6 aromatic rings. The maximum absolute atomic E-state index is 9.55. The summed E-state index contributed by atoms with van der Waals surface area (Å²) in [4.78, 5) is 15.1. The molecule has 0 N–H and O–H groups in total. The van der Waals surface area contributed by atoms with Crippen LogP contribution in [0.15, 0.2) is 113 Å². The normalized spacial score (nSPS) is 15.5. The van der Waals surface area contributed by atoms with Gasteiger partial charge in [0.05, 0.1) is 23.0 Å². The highest BCUT2D eigenvalue weighted by Gasteiger charge is 2.22. The predicted octanol–water partition coefficient (Wildman–Crippen LogP) is 7.61. The molecule has 1 atom stereocenters. The fourth-order valence-corrected chi connectivity index (χ4v) is 5.92. The Morgan fingerprint density at radius 3 is 2.29 bits per heavy atom. The van der Waals surface area contributed by atoms with Gasteiger partial charge in [0.2, 0.25) is 0 Å². The maximum Gasteiger partial charge on any atom is 0.158 e. The first-order valence-corrected chi connectivity index (χ1v) is 14.0. The number of nitriles is 1. The molecule has 1 aliphatic carbocycles. The van der Waals surface area contributed by atoms with Crippen molar-refractivity contribution in [1.82, 2.24) is 14.1 Å². The van der Waals surface area contributed by atoms with Gasteiger partial charge in [-0.15, -0.1) is 0 Å². The molecule has 7 rings (SSSR count). The molecular formula is C35H28N6. The second-order valence-electron chi connectivity index (χ2n) is 10.2. The van der Waals surface area contributed by atoms with E-state index in [0.29, 0.717) is 18.9 Å². The molecule has 6 nitrogen and oxygen atoms in total. The third-order valence-electron chi connectivity index (χ3n) is 7.83. The molecule has 0 spiro atoms. The molecule has 6 heteroatoms. The van der Waals surface area contributed by atoms with Gasteiger partial charge in [-0.1, -0.05) is 79.7 Å². The van der Waals surface area contributed by atoms with Crippen LogP contribution in [0.4, 0.5) is 0 Å². The van der Waals surface area contributed by atoms with Crippen molar-refractivity contribution in [2.75, 3.05) is 0 Å². The highest BCUT2D eigenvalue weighted by atomic mass is 15.2. The summed E-state index contributed by atoms with van der Waals surface area (Å²) in [7, 11) is 0. The lowest BCUT2D eigenvalue weighted by Crippen LogP contribution is -2.14. The number of para-hydroxylation sites is 2. The summed E-state index contributed by atoms with van der Waals surface area (Å²) in [5.74, 6) is 1.47. The number of rotatable bonds is 4. The fourth-order valence-electron chi connectivity index (χ4n) is 5.92. The smallest absolute Gasteiger partial charge is 0.158 e. The van der Waals surface area contributed by atoms with Crippen molar-refractivity contribution in [3.05, 3.63) is 120 Å². The number of fused-ring (bicyclic) bond motifs is 6. The first-order chi connectivity index (χ1) is 20.3. The minimum absolute atomic E-state index is 0.131. The van der Waals surface area contributed by atoms with Crippen LogP contribution in [0.5, 0.6) is 0 Å². The minimum atomic E-state index is -0.131. The Morgan fingerprint density at radius 2 is 1.59 bits per heavy atom. The molecule has 0 saturated carbocycles. The summed E-state index contributed by atoms with van der Waals surface area (Å²) < 4.78 is 4.40. The number of benzene rings is 3. The van der Waals surface area contributed by atoms with E-state index in [1.165, 1.54) is 10.8 Å². The zero-order chi connectivity index (χ0) is 27.8. The first kappa shape index (κ1) is 24.7. The fraction of sp³-hybridized carbons (Fsp3) is 0.143. The van der Waals surface area contributed by atoms with Gasteiger partial charge in [-0.05, 0) is 42.3 Å².